The molecule has 0 saturated carbocycles. The Morgan fingerprint density at radius 3 is 2.38 bits per heavy atom. The lowest BCUT2D eigenvalue weighted by Gasteiger charge is -2.28. The highest BCUT2D eigenvalue weighted by molar-refractivity contribution is 9.10. The van der Waals surface area contributed by atoms with Crippen LogP contribution in [-0.4, -0.2) is 21.9 Å². The van der Waals surface area contributed by atoms with Crippen LogP contribution in [-0.2, 0) is 27.1 Å². The maximum Gasteiger partial charge on any atom is 0.416 e. The summed E-state index contributed by atoms with van der Waals surface area (Å²) in [6.45, 7) is 6.53. The molecule has 26 heavy (non-hydrogen) atoms. The molecule has 0 amide bonds. The van der Waals surface area contributed by atoms with Crippen molar-refractivity contribution in [3.8, 4) is 0 Å². The van der Waals surface area contributed by atoms with Crippen LogP contribution in [0.1, 0.15) is 51.3 Å². The number of carbonyl (C=O) groups excluding carboxylic acids is 1. The van der Waals surface area contributed by atoms with Crippen molar-refractivity contribution in [3.05, 3.63) is 33.5 Å². The molecule has 1 aromatic rings. The summed E-state index contributed by atoms with van der Waals surface area (Å²) < 4.78 is 72.2. The average Bonchev–Trinajstić information content (AvgIpc) is 2.47. The van der Waals surface area contributed by atoms with Gasteiger partial charge in [-0.2, -0.15) is 13.2 Å². The molecule has 1 aromatic carbocycles. The minimum atomic E-state index is -4.71. The van der Waals surface area contributed by atoms with Gasteiger partial charge in [0.25, 0.3) is 0 Å². The summed E-state index contributed by atoms with van der Waals surface area (Å²) >= 11 is 1.01. The van der Waals surface area contributed by atoms with Crippen molar-refractivity contribution in [2.75, 3.05) is 6.61 Å². The summed E-state index contributed by atoms with van der Waals surface area (Å²) in [6.07, 6.45) is -5.18. The van der Waals surface area contributed by atoms with E-state index in [1.54, 1.807) is 27.7 Å². The summed E-state index contributed by atoms with van der Waals surface area (Å²) in [5, 5.41) is 0. The molecule has 0 aliphatic rings. The smallest absolute Gasteiger partial charge is 0.416 e. The number of carbonyl (C=O) groups is 1. The lowest BCUT2D eigenvalue weighted by molar-refractivity contribution is -0.143. The van der Waals surface area contributed by atoms with E-state index in [2.05, 4.69) is 20.7 Å². The third-order valence-electron chi connectivity index (χ3n) is 3.24. The van der Waals surface area contributed by atoms with Crippen molar-refractivity contribution >= 4 is 33.3 Å². The SMILES string of the molecule is CCOC(=O)C[C@H](N[S+]([O-])C(C)(C)C)c1cc(C(F)(F)F)cc(Br)c1F. The summed E-state index contributed by atoms with van der Waals surface area (Å²) in [6, 6.07) is -0.0367. The normalized spacial score (nSPS) is 14.8. The van der Waals surface area contributed by atoms with Gasteiger partial charge in [-0.05, 0) is 55.8 Å². The number of alkyl halides is 3. The lowest BCUT2D eigenvalue weighted by atomic mass is 10.0. The van der Waals surface area contributed by atoms with Crippen molar-refractivity contribution in [3.63, 3.8) is 0 Å². The number of esters is 1. The molecule has 4 nitrogen and oxygen atoms in total. The van der Waals surface area contributed by atoms with Crippen molar-refractivity contribution in [1.29, 1.82) is 0 Å². The van der Waals surface area contributed by atoms with E-state index in [1.807, 2.05) is 0 Å². The average molecular weight is 462 g/mol. The molecule has 10 heteroatoms. The Balaban J connectivity index is 3.36. The van der Waals surface area contributed by atoms with Crippen molar-refractivity contribution in [2.45, 2.75) is 51.1 Å². The molecule has 0 radical (unpaired) electrons. The number of nitrogens with one attached hydrogen (secondary N) is 1. The fourth-order valence-corrected chi connectivity index (χ4v) is 3.23. The van der Waals surface area contributed by atoms with Gasteiger partial charge in [0.15, 0.2) is 0 Å². The first-order valence-corrected chi connectivity index (χ1v) is 9.61. The second-order valence-corrected chi connectivity index (χ2v) is 9.27. The third-order valence-corrected chi connectivity index (χ3v) is 5.43. The van der Waals surface area contributed by atoms with Crippen LogP contribution in [0.3, 0.4) is 0 Å². The molecule has 148 valence electrons. The van der Waals surface area contributed by atoms with Crippen molar-refractivity contribution in [1.82, 2.24) is 4.72 Å². The maximum atomic E-state index is 14.5. The van der Waals surface area contributed by atoms with Gasteiger partial charge in [-0.15, -0.1) is 4.72 Å². The van der Waals surface area contributed by atoms with Gasteiger partial charge in [0.1, 0.15) is 10.6 Å². The molecule has 2 atom stereocenters. The molecule has 0 aliphatic carbocycles. The fourth-order valence-electron chi connectivity index (χ4n) is 1.94. The van der Waals surface area contributed by atoms with E-state index in [0.29, 0.717) is 12.1 Å². The number of halogens is 5. The van der Waals surface area contributed by atoms with E-state index in [9.17, 15) is 26.9 Å². The Hall–Kier alpha value is -0.840. The van der Waals surface area contributed by atoms with Gasteiger partial charge in [0.05, 0.1) is 29.1 Å². The van der Waals surface area contributed by atoms with E-state index in [1.165, 1.54) is 0 Å². The largest absolute Gasteiger partial charge is 0.598 e. The first-order valence-electron chi connectivity index (χ1n) is 7.67. The zero-order valence-electron chi connectivity index (χ0n) is 14.7. The molecule has 0 spiro atoms. The second kappa shape index (κ2) is 8.90. The van der Waals surface area contributed by atoms with Crippen LogP contribution in [0.25, 0.3) is 0 Å². The van der Waals surface area contributed by atoms with E-state index in [-0.39, 0.29) is 6.61 Å². The third kappa shape index (κ3) is 6.40. The minimum absolute atomic E-state index is 0.0582. The van der Waals surface area contributed by atoms with Crippen molar-refractivity contribution in [2.24, 2.45) is 0 Å². The van der Waals surface area contributed by atoms with Gasteiger partial charge in [-0.1, -0.05) is 0 Å². The Bertz CT molecular complexity index is 650. The number of benzene rings is 1. The molecular formula is C16H20BrF4NO3S. The molecular weight excluding hydrogens is 442 g/mol. The number of hydrogen-bond donors (Lipinski definition) is 1. The van der Waals surface area contributed by atoms with Crippen LogP contribution in [0.5, 0.6) is 0 Å². The monoisotopic (exact) mass is 461 g/mol. The molecule has 0 bridgehead atoms. The molecule has 1 rings (SSSR count). The van der Waals surface area contributed by atoms with Gasteiger partial charge < -0.3 is 9.29 Å². The molecule has 0 aromatic heterocycles. The maximum absolute atomic E-state index is 14.5. The van der Waals surface area contributed by atoms with E-state index >= 15 is 0 Å². The van der Waals surface area contributed by atoms with E-state index < -0.39 is 62.1 Å². The fraction of sp³-hybridized carbons (Fsp3) is 0.562. The first kappa shape index (κ1) is 23.2. The summed E-state index contributed by atoms with van der Waals surface area (Å²) in [7, 11) is 0. The Labute approximate surface area is 161 Å². The van der Waals surface area contributed by atoms with Crippen LogP contribution in [0.4, 0.5) is 17.6 Å². The highest BCUT2D eigenvalue weighted by Gasteiger charge is 2.36. The highest BCUT2D eigenvalue weighted by Crippen LogP contribution is 2.36. The number of rotatable bonds is 6. The predicted octanol–water partition coefficient (Wildman–Crippen LogP) is 4.65. The number of ether oxygens (including phenoxy) is 1. The van der Waals surface area contributed by atoms with Gasteiger partial charge in [-0.25, -0.2) is 4.39 Å². The molecule has 0 aliphatic heterocycles. The van der Waals surface area contributed by atoms with Gasteiger partial charge >= 0.3 is 12.1 Å². The molecule has 1 N–H and O–H groups in total. The Morgan fingerprint density at radius 2 is 1.92 bits per heavy atom. The molecule has 0 saturated heterocycles. The standard InChI is InChI=1S/C16H20BrF4NO3S/c1-5-25-13(23)8-12(22-26(24)15(2,3)4)10-6-9(16(19,20)21)7-11(17)14(10)18/h6-7,12,22H,5,8H2,1-4H3/t12-,26?/m0/s1. The first-order chi connectivity index (χ1) is 11.8. The van der Waals surface area contributed by atoms with Gasteiger partial charge in [0.2, 0.25) is 0 Å². The van der Waals surface area contributed by atoms with E-state index in [4.69, 9.17) is 4.74 Å². The molecule has 0 fully saturated rings. The summed E-state index contributed by atoms with van der Waals surface area (Å²) in [5.74, 6) is -1.71. The van der Waals surface area contributed by atoms with Crippen LogP contribution in [0, 0.1) is 5.82 Å². The summed E-state index contributed by atoms with van der Waals surface area (Å²) in [4.78, 5) is 11.8. The predicted molar refractivity (Wildman–Crippen MR) is 94.1 cm³/mol. The number of hydrogen-bond acceptors (Lipinski definition) is 4. The van der Waals surface area contributed by atoms with Crippen LogP contribution in [0.2, 0.25) is 0 Å². The van der Waals surface area contributed by atoms with Crippen molar-refractivity contribution < 1.29 is 31.6 Å². The Kier molecular flexibility index (Phi) is 7.94. The Morgan fingerprint density at radius 1 is 1.35 bits per heavy atom. The zero-order valence-corrected chi connectivity index (χ0v) is 17.1. The second-order valence-electron chi connectivity index (χ2n) is 6.42. The zero-order chi connectivity index (χ0) is 20.3. The van der Waals surface area contributed by atoms with Gasteiger partial charge in [-0.3, -0.25) is 4.79 Å². The van der Waals surface area contributed by atoms with E-state index in [0.717, 1.165) is 0 Å². The van der Waals surface area contributed by atoms with Crippen LogP contribution in [0.15, 0.2) is 16.6 Å². The van der Waals surface area contributed by atoms with Crippen LogP contribution < -0.4 is 4.72 Å². The highest BCUT2D eigenvalue weighted by atomic mass is 79.9. The topological polar surface area (TPSA) is 61.4 Å². The summed E-state index contributed by atoms with van der Waals surface area (Å²) in [5.41, 5.74) is -1.50. The molecule has 0 heterocycles. The lowest BCUT2D eigenvalue weighted by Crippen LogP contribution is -2.42. The molecule has 1 unspecified atom stereocenters. The minimum Gasteiger partial charge on any atom is -0.598 e. The quantitative estimate of drug-likeness (QED) is 0.380. The van der Waals surface area contributed by atoms with Crippen LogP contribution >= 0.6 is 15.9 Å². The van der Waals surface area contributed by atoms with Gasteiger partial charge in [0, 0.05) is 16.9 Å².